The summed E-state index contributed by atoms with van der Waals surface area (Å²) in [5.41, 5.74) is -2.84. The van der Waals surface area contributed by atoms with Gasteiger partial charge in [-0.2, -0.15) is 13.2 Å². The Bertz CT molecular complexity index is 339. The highest BCUT2D eigenvalue weighted by Gasteiger charge is 2.38. The zero-order valence-corrected chi connectivity index (χ0v) is 6.85. The maximum atomic E-state index is 12.7. The van der Waals surface area contributed by atoms with Gasteiger partial charge in [0.25, 0.3) is 0 Å². The first-order chi connectivity index (χ1) is 6.25. The molecular formula is C8H4F6. The summed E-state index contributed by atoms with van der Waals surface area (Å²) in [6, 6.07) is 0.0832. The van der Waals surface area contributed by atoms with Crippen molar-refractivity contribution in [2.45, 2.75) is 13.1 Å². The van der Waals surface area contributed by atoms with E-state index in [9.17, 15) is 26.3 Å². The molecule has 0 aliphatic carbocycles. The fourth-order valence-electron chi connectivity index (χ4n) is 1.02. The van der Waals surface area contributed by atoms with E-state index in [0.717, 1.165) is 6.92 Å². The number of hydrogen-bond donors (Lipinski definition) is 0. The van der Waals surface area contributed by atoms with Gasteiger partial charge in [-0.25, -0.2) is 13.2 Å². The average Bonchev–Trinajstić information content (AvgIpc) is 1.98. The summed E-state index contributed by atoms with van der Waals surface area (Å²) in [6.07, 6.45) is -5.10. The second-order valence-electron chi connectivity index (χ2n) is 2.65. The molecule has 78 valence electrons. The van der Waals surface area contributed by atoms with E-state index < -0.39 is 34.8 Å². The molecule has 14 heavy (non-hydrogen) atoms. The summed E-state index contributed by atoms with van der Waals surface area (Å²) in [7, 11) is 0. The number of halogens is 6. The van der Waals surface area contributed by atoms with Gasteiger partial charge < -0.3 is 0 Å². The van der Waals surface area contributed by atoms with Crippen LogP contribution in [0, 0.1) is 24.4 Å². The van der Waals surface area contributed by atoms with Crippen molar-refractivity contribution in [3.05, 3.63) is 34.6 Å². The number of benzene rings is 1. The molecule has 0 N–H and O–H groups in total. The SMILES string of the molecule is Cc1c(F)cc(F)c(F)c1C(F)(F)F. The predicted octanol–water partition coefficient (Wildman–Crippen LogP) is 3.43. The first-order valence-corrected chi connectivity index (χ1v) is 3.46. The summed E-state index contributed by atoms with van der Waals surface area (Å²) in [4.78, 5) is 0. The third-order valence-corrected chi connectivity index (χ3v) is 1.70. The molecule has 0 aliphatic rings. The Hall–Kier alpha value is -1.20. The standard InChI is InChI=1S/C8H4F6/c1-3-4(9)2-5(10)7(11)6(3)8(12,13)14/h2H,1H3. The van der Waals surface area contributed by atoms with Crippen LogP contribution < -0.4 is 0 Å². The number of alkyl halides is 3. The molecule has 0 fully saturated rings. The van der Waals surface area contributed by atoms with Crippen LogP contribution >= 0.6 is 0 Å². The molecule has 0 nitrogen and oxygen atoms in total. The Kier molecular flexibility index (Phi) is 2.47. The molecular weight excluding hydrogens is 210 g/mol. The molecule has 6 heteroatoms. The van der Waals surface area contributed by atoms with Crippen LogP contribution in [0.5, 0.6) is 0 Å². The quantitative estimate of drug-likeness (QED) is 0.458. The third-order valence-electron chi connectivity index (χ3n) is 1.70. The van der Waals surface area contributed by atoms with Gasteiger partial charge in [-0.1, -0.05) is 0 Å². The first kappa shape index (κ1) is 10.9. The zero-order valence-electron chi connectivity index (χ0n) is 6.85. The largest absolute Gasteiger partial charge is 0.419 e. The number of rotatable bonds is 0. The molecule has 1 aromatic carbocycles. The van der Waals surface area contributed by atoms with Crippen molar-refractivity contribution in [2.24, 2.45) is 0 Å². The van der Waals surface area contributed by atoms with Crippen LogP contribution in [0.1, 0.15) is 11.1 Å². The lowest BCUT2D eigenvalue weighted by Crippen LogP contribution is -2.13. The molecule has 0 spiro atoms. The van der Waals surface area contributed by atoms with Crippen LogP contribution in [0.3, 0.4) is 0 Å². The van der Waals surface area contributed by atoms with Crippen LogP contribution in [0.2, 0.25) is 0 Å². The first-order valence-electron chi connectivity index (χ1n) is 3.46. The van der Waals surface area contributed by atoms with E-state index in [1.54, 1.807) is 0 Å². The molecule has 0 amide bonds. The average molecular weight is 214 g/mol. The van der Waals surface area contributed by atoms with Crippen LogP contribution in [-0.4, -0.2) is 0 Å². The third kappa shape index (κ3) is 1.69. The molecule has 0 heterocycles. The fraction of sp³-hybridized carbons (Fsp3) is 0.250. The van der Waals surface area contributed by atoms with Gasteiger partial charge in [0.2, 0.25) is 0 Å². The van der Waals surface area contributed by atoms with Crippen molar-refractivity contribution in [3.63, 3.8) is 0 Å². The molecule has 0 bridgehead atoms. The van der Waals surface area contributed by atoms with Gasteiger partial charge in [0.15, 0.2) is 11.6 Å². The predicted molar refractivity (Wildman–Crippen MR) is 36.1 cm³/mol. The lowest BCUT2D eigenvalue weighted by Gasteiger charge is -2.12. The molecule has 1 rings (SSSR count). The minimum Gasteiger partial charge on any atom is -0.207 e. The normalized spacial score (nSPS) is 11.9. The molecule has 0 saturated carbocycles. The van der Waals surface area contributed by atoms with E-state index in [2.05, 4.69) is 0 Å². The Balaban J connectivity index is 3.56. The molecule has 0 aliphatic heterocycles. The molecule has 1 aromatic rings. The van der Waals surface area contributed by atoms with E-state index >= 15 is 0 Å². The van der Waals surface area contributed by atoms with E-state index in [1.807, 2.05) is 0 Å². The van der Waals surface area contributed by atoms with Crippen LogP contribution in [0.4, 0.5) is 26.3 Å². The summed E-state index contributed by atoms with van der Waals surface area (Å²) in [6.45, 7) is 0.737. The summed E-state index contributed by atoms with van der Waals surface area (Å²) < 4.78 is 74.0. The van der Waals surface area contributed by atoms with Crippen molar-refractivity contribution in [1.29, 1.82) is 0 Å². The van der Waals surface area contributed by atoms with Crippen molar-refractivity contribution in [2.75, 3.05) is 0 Å². The van der Waals surface area contributed by atoms with Crippen LogP contribution in [-0.2, 0) is 6.18 Å². The van der Waals surface area contributed by atoms with Crippen LogP contribution in [0.25, 0.3) is 0 Å². The number of hydrogen-bond acceptors (Lipinski definition) is 0. The minimum atomic E-state index is -5.10. The van der Waals surface area contributed by atoms with Crippen molar-refractivity contribution in [3.8, 4) is 0 Å². The summed E-state index contributed by atoms with van der Waals surface area (Å²) in [5.74, 6) is -5.34. The second-order valence-corrected chi connectivity index (χ2v) is 2.65. The van der Waals surface area contributed by atoms with E-state index in [-0.39, 0.29) is 6.07 Å². The van der Waals surface area contributed by atoms with Gasteiger partial charge in [0.05, 0.1) is 0 Å². The highest BCUT2D eigenvalue weighted by Crippen LogP contribution is 2.35. The molecule has 0 radical (unpaired) electrons. The topological polar surface area (TPSA) is 0 Å². The second kappa shape index (κ2) is 3.18. The Morgan fingerprint density at radius 2 is 1.50 bits per heavy atom. The lowest BCUT2D eigenvalue weighted by atomic mass is 10.1. The van der Waals surface area contributed by atoms with Crippen molar-refractivity contribution in [1.82, 2.24) is 0 Å². The van der Waals surface area contributed by atoms with Gasteiger partial charge in [-0.05, 0) is 6.92 Å². The van der Waals surface area contributed by atoms with E-state index in [1.165, 1.54) is 0 Å². The summed E-state index contributed by atoms with van der Waals surface area (Å²) in [5, 5.41) is 0. The zero-order chi connectivity index (χ0) is 11.1. The van der Waals surface area contributed by atoms with Gasteiger partial charge in [-0.15, -0.1) is 0 Å². The van der Waals surface area contributed by atoms with Gasteiger partial charge in [0, 0.05) is 11.6 Å². The van der Waals surface area contributed by atoms with Crippen LogP contribution in [0.15, 0.2) is 6.07 Å². The van der Waals surface area contributed by atoms with E-state index in [4.69, 9.17) is 0 Å². The minimum absolute atomic E-state index is 0.0832. The Morgan fingerprint density at radius 1 is 1.00 bits per heavy atom. The summed E-state index contributed by atoms with van der Waals surface area (Å²) >= 11 is 0. The highest BCUT2D eigenvalue weighted by atomic mass is 19.4. The Morgan fingerprint density at radius 3 is 1.93 bits per heavy atom. The monoisotopic (exact) mass is 214 g/mol. The maximum Gasteiger partial charge on any atom is 0.419 e. The smallest absolute Gasteiger partial charge is 0.207 e. The fourth-order valence-corrected chi connectivity index (χ4v) is 1.02. The van der Waals surface area contributed by atoms with Crippen molar-refractivity contribution >= 4 is 0 Å². The highest BCUT2D eigenvalue weighted by molar-refractivity contribution is 5.32. The maximum absolute atomic E-state index is 12.7. The molecule has 0 aromatic heterocycles. The van der Waals surface area contributed by atoms with Gasteiger partial charge >= 0.3 is 6.18 Å². The van der Waals surface area contributed by atoms with E-state index in [0.29, 0.717) is 0 Å². The molecule has 0 saturated heterocycles. The molecule has 0 atom stereocenters. The lowest BCUT2D eigenvalue weighted by molar-refractivity contribution is -0.141. The van der Waals surface area contributed by atoms with Gasteiger partial charge in [0.1, 0.15) is 11.4 Å². The van der Waals surface area contributed by atoms with Gasteiger partial charge in [-0.3, -0.25) is 0 Å². The van der Waals surface area contributed by atoms with Crippen molar-refractivity contribution < 1.29 is 26.3 Å². The Labute approximate surface area is 75.2 Å². The molecule has 0 unspecified atom stereocenters.